The summed E-state index contributed by atoms with van der Waals surface area (Å²) in [5.74, 6) is -2.00. The maximum atomic E-state index is 13.5. The molecule has 2 rings (SSSR count). The third-order valence-electron chi connectivity index (χ3n) is 2.36. The summed E-state index contributed by atoms with van der Waals surface area (Å²) < 4.78 is 53.2. The lowest BCUT2D eigenvalue weighted by Crippen LogP contribution is -2.15. The first kappa shape index (κ1) is 15.5. The van der Waals surface area contributed by atoms with Crippen LogP contribution in [0, 0.1) is 15.2 Å². The van der Waals surface area contributed by atoms with Gasteiger partial charge < -0.3 is 0 Å². The summed E-state index contributed by atoms with van der Waals surface area (Å²) in [4.78, 5) is -0.621. The second-order valence-electron chi connectivity index (χ2n) is 3.80. The minimum Gasteiger partial charge on any atom is -0.278 e. The van der Waals surface area contributed by atoms with Crippen molar-refractivity contribution in [2.75, 3.05) is 4.72 Å². The number of benzene rings is 2. The van der Waals surface area contributed by atoms with Crippen molar-refractivity contribution in [2.24, 2.45) is 0 Å². The van der Waals surface area contributed by atoms with Gasteiger partial charge in [-0.3, -0.25) is 4.72 Å². The fourth-order valence-electron chi connectivity index (χ4n) is 1.47. The molecule has 2 aromatic rings. The van der Waals surface area contributed by atoms with Crippen LogP contribution in [0.1, 0.15) is 0 Å². The van der Waals surface area contributed by atoms with E-state index in [1.54, 1.807) is 6.07 Å². The van der Waals surface area contributed by atoms with Crippen molar-refractivity contribution in [1.29, 1.82) is 0 Å². The number of nitrogens with one attached hydrogen (secondary N) is 1. The summed E-state index contributed by atoms with van der Waals surface area (Å²) in [5.41, 5.74) is 0.263. The van der Waals surface area contributed by atoms with E-state index in [0.29, 0.717) is 14.7 Å². The van der Waals surface area contributed by atoms with Gasteiger partial charge in [-0.15, -0.1) is 0 Å². The SMILES string of the molecule is O=S(=O)(Nc1ccc(Cl)cc1I)c1ccc(F)cc1F. The van der Waals surface area contributed by atoms with Crippen LogP contribution in [0.15, 0.2) is 41.3 Å². The first-order chi connectivity index (χ1) is 9.29. The maximum absolute atomic E-state index is 13.5. The molecular weight excluding hydrogens is 423 g/mol. The van der Waals surface area contributed by atoms with Crippen molar-refractivity contribution in [1.82, 2.24) is 0 Å². The number of hydrogen-bond acceptors (Lipinski definition) is 2. The van der Waals surface area contributed by atoms with E-state index in [1.807, 2.05) is 22.6 Å². The van der Waals surface area contributed by atoms with Gasteiger partial charge in [0.2, 0.25) is 0 Å². The molecule has 0 amide bonds. The normalized spacial score (nSPS) is 11.4. The molecule has 0 aliphatic carbocycles. The molecule has 0 saturated carbocycles. The van der Waals surface area contributed by atoms with E-state index in [1.165, 1.54) is 12.1 Å². The lowest BCUT2D eigenvalue weighted by atomic mass is 10.3. The van der Waals surface area contributed by atoms with Gasteiger partial charge in [0.15, 0.2) is 0 Å². The van der Waals surface area contributed by atoms with Crippen molar-refractivity contribution in [3.8, 4) is 0 Å². The van der Waals surface area contributed by atoms with E-state index in [2.05, 4.69) is 4.72 Å². The third-order valence-corrected chi connectivity index (χ3v) is 4.89. The first-order valence-corrected chi connectivity index (χ1v) is 8.16. The van der Waals surface area contributed by atoms with Gasteiger partial charge in [0.1, 0.15) is 16.5 Å². The molecule has 0 atom stereocenters. The third kappa shape index (κ3) is 3.39. The highest BCUT2D eigenvalue weighted by molar-refractivity contribution is 14.1. The number of rotatable bonds is 3. The van der Waals surface area contributed by atoms with E-state index in [-0.39, 0.29) is 5.69 Å². The van der Waals surface area contributed by atoms with Gasteiger partial charge in [0.05, 0.1) is 5.69 Å². The van der Waals surface area contributed by atoms with Gasteiger partial charge in [-0.2, -0.15) is 0 Å². The van der Waals surface area contributed by atoms with E-state index < -0.39 is 26.6 Å². The smallest absolute Gasteiger partial charge is 0.264 e. The van der Waals surface area contributed by atoms with Gasteiger partial charge in [-0.25, -0.2) is 17.2 Å². The highest BCUT2D eigenvalue weighted by Crippen LogP contribution is 2.25. The Labute approximate surface area is 133 Å². The molecule has 0 aromatic heterocycles. The molecule has 0 saturated heterocycles. The number of anilines is 1. The zero-order chi connectivity index (χ0) is 14.9. The molecule has 2 aromatic carbocycles. The Balaban J connectivity index is 2.41. The minimum atomic E-state index is -4.14. The summed E-state index contributed by atoms with van der Waals surface area (Å²) in [6.45, 7) is 0. The van der Waals surface area contributed by atoms with Gasteiger partial charge in [-0.05, 0) is 52.9 Å². The predicted octanol–water partition coefficient (Wildman–Crippen LogP) is 4.02. The highest BCUT2D eigenvalue weighted by Gasteiger charge is 2.20. The molecule has 0 bridgehead atoms. The van der Waals surface area contributed by atoms with Crippen LogP contribution < -0.4 is 4.72 Å². The Morgan fingerprint density at radius 2 is 1.80 bits per heavy atom. The lowest BCUT2D eigenvalue weighted by Gasteiger charge is -2.10. The fourth-order valence-corrected chi connectivity index (χ4v) is 3.79. The largest absolute Gasteiger partial charge is 0.278 e. The topological polar surface area (TPSA) is 46.2 Å². The Morgan fingerprint density at radius 1 is 1.10 bits per heavy atom. The second-order valence-corrected chi connectivity index (χ2v) is 7.05. The molecule has 0 heterocycles. The van der Waals surface area contributed by atoms with Crippen LogP contribution >= 0.6 is 34.2 Å². The Morgan fingerprint density at radius 3 is 2.40 bits per heavy atom. The average molecular weight is 430 g/mol. The zero-order valence-electron chi connectivity index (χ0n) is 9.70. The molecule has 0 radical (unpaired) electrons. The predicted molar refractivity (Wildman–Crippen MR) is 81.3 cm³/mol. The van der Waals surface area contributed by atoms with Crippen molar-refractivity contribution < 1.29 is 17.2 Å². The molecule has 106 valence electrons. The highest BCUT2D eigenvalue weighted by atomic mass is 127. The average Bonchev–Trinajstić information content (AvgIpc) is 2.32. The summed E-state index contributed by atoms with van der Waals surface area (Å²) in [6, 6.07) is 6.79. The van der Waals surface area contributed by atoms with Crippen molar-refractivity contribution in [3.63, 3.8) is 0 Å². The molecule has 0 unspecified atom stereocenters. The summed E-state index contributed by atoms with van der Waals surface area (Å²) in [5, 5.41) is 0.449. The van der Waals surface area contributed by atoms with E-state index >= 15 is 0 Å². The fraction of sp³-hybridized carbons (Fsp3) is 0. The number of halogens is 4. The monoisotopic (exact) mass is 429 g/mol. The van der Waals surface area contributed by atoms with Crippen LogP contribution in [0.2, 0.25) is 5.02 Å². The Hall–Kier alpha value is -0.930. The molecule has 0 spiro atoms. The summed E-state index contributed by atoms with van der Waals surface area (Å²) in [6.07, 6.45) is 0. The van der Waals surface area contributed by atoms with Crippen molar-refractivity contribution in [3.05, 3.63) is 56.6 Å². The minimum absolute atomic E-state index is 0.263. The summed E-state index contributed by atoms with van der Waals surface area (Å²) in [7, 11) is -4.14. The van der Waals surface area contributed by atoms with Crippen LogP contribution in [0.25, 0.3) is 0 Å². The molecule has 3 nitrogen and oxygen atoms in total. The molecule has 1 N–H and O–H groups in total. The number of hydrogen-bond donors (Lipinski definition) is 1. The van der Waals surface area contributed by atoms with E-state index in [9.17, 15) is 17.2 Å². The summed E-state index contributed by atoms with van der Waals surface area (Å²) >= 11 is 7.66. The molecule has 0 aliphatic heterocycles. The zero-order valence-corrected chi connectivity index (χ0v) is 13.4. The van der Waals surface area contributed by atoms with Gasteiger partial charge in [0, 0.05) is 14.7 Å². The van der Waals surface area contributed by atoms with E-state index in [4.69, 9.17) is 11.6 Å². The van der Waals surface area contributed by atoms with Crippen LogP contribution in [0.4, 0.5) is 14.5 Å². The molecule has 8 heteroatoms. The molecular formula is C12H7ClF2INO2S. The molecule has 0 fully saturated rings. The maximum Gasteiger partial charge on any atom is 0.264 e. The van der Waals surface area contributed by atoms with E-state index in [0.717, 1.165) is 12.1 Å². The van der Waals surface area contributed by atoms with Gasteiger partial charge >= 0.3 is 0 Å². The lowest BCUT2D eigenvalue weighted by molar-refractivity contribution is 0.551. The van der Waals surface area contributed by atoms with Crippen LogP contribution in [-0.2, 0) is 10.0 Å². The van der Waals surface area contributed by atoms with Crippen molar-refractivity contribution in [2.45, 2.75) is 4.90 Å². The van der Waals surface area contributed by atoms with Crippen LogP contribution in [0.5, 0.6) is 0 Å². The Bertz CT molecular complexity index is 768. The first-order valence-electron chi connectivity index (χ1n) is 5.22. The Kier molecular flexibility index (Phi) is 4.50. The van der Waals surface area contributed by atoms with Crippen LogP contribution in [0.3, 0.4) is 0 Å². The molecule has 0 aliphatic rings. The van der Waals surface area contributed by atoms with Gasteiger partial charge in [0.25, 0.3) is 10.0 Å². The van der Waals surface area contributed by atoms with Gasteiger partial charge in [-0.1, -0.05) is 11.6 Å². The quantitative estimate of drug-likeness (QED) is 0.749. The van der Waals surface area contributed by atoms with Crippen molar-refractivity contribution >= 4 is 49.9 Å². The standard InChI is InChI=1S/C12H7ClF2INO2S/c13-7-1-3-11(10(16)5-7)17-20(18,19)12-4-2-8(14)6-9(12)15/h1-6,17H. The van der Waals surface area contributed by atoms with Crippen LogP contribution in [-0.4, -0.2) is 8.42 Å². The number of sulfonamides is 1. The molecule has 20 heavy (non-hydrogen) atoms. The second kappa shape index (κ2) is 5.82.